The lowest BCUT2D eigenvalue weighted by Gasteiger charge is -2.39. The van der Waals surface area contributed by atoms with Crippen molar-refractivity contribution in [3.8, 4) is 0 Å². The third-order valence-corrected chi connectivity index (χ3v) is 13.1. The van der Waals surface area contributed by atoms with Gasteiger partial charge in [0.15, 0.2) is 25.3 Å². The maximum absolute atomic E-state index is 13.6. The maximum atomic E-state index is 13.6. The number of aromatic nitrogens is 4. The highest BCUT2D eigenvalue weighted by molar-refractivity contribution is 14.1. The van der Waals surface area contributed by atoms with Crippen molar-refractivity contribution in [2.24, 2.45) is 0 Å². The Morgan fingerprint density at radius 1 is 1.21 bits per heavy atom. The lowest BCUT2D eigenvalue weighted by molar-refractivity contribution is -0.385. The molecule has 3 heterocycles. The molecular weight excluding hydrogens is 683 g/mol. The number of rotatable bonds is 8. The van der Waals surface area contributed by atoms with Crippen LogP contribution in [0, 0.1) is 13.7 Å². The first-order valence-corrected chi connectivity index (χ1v) is 18.3. The lowest BCUT2D eigenvalue weighted by Crippen LogP contribution is -2.45. The molecule has 1 unspecified atom stereocenters. The largest absolute Gasteiger partial charge is 0.443 e. The number of anilines is 1. The van der Waals surface area contributed by atoms with Crippen LogP contribution in [0.25, 0.3) is 11.2 Å². The summed E-state index contributed by atoms with van der Waals surface area (Å²) < 4.78 is 21.5. The van der Waals surface area contributed by atoms with E-state index in [4.69, 9.17) is 13.9 Å². The number of hydrogen-bond donors (Lipinski definition) is 0. The van der Waals surface area contributed by atoms with Crippen molar-refractivity contribution < 1.29 is 23.6 Å². The van der Waals surface area contributed by atoms with Gasteiger partial charge in [0.25, 0.3) is 5.69 Å². The second-order valence-corrected chi connectivity index (χ2v) is 19.3. The van der Waals surface area contributed by atoms with Crippen molar-refractivity contribution in [3.63, 3.8) is 0 Å². The lowest BCUT2D eigenvalue weighted by atomic mass is 10.1. The number of nitrogens with zero attached hydrogens (tertiary/aromatic N) is 6. The molecule has 14 heteroatoms. The summed E-state index contributed by atoms with van der Waals surface area (Å²) in [6, 6.07) is 4.86. The Kier molecular flexibility index (Phi) is 9.55. The SMILES string of the molecule is CC[C@H]1O[C@@H](n2cnc3c(N(Cc4ccc(I)cc4[N+](=O)[O-])C(=O)OC(C)(C)C)ncnc32)CC1O[Si](C)(C)C(C)(C)C. The van der Waals surface area contributed by atoms with Gasteiger partial charge in [0.2, 0.25) is 0 Å². The van der Waals surface area contributed by atoms with Crippen molar-refractivity contribution in [2.45, 2.75) is 110 Å². The van der Waals surface area contributed by atoms with E-state index in [9.17, 15) is 14.9 Å². The van der Waals surface area contributed by atoms with Crippen molar-refractivity contribution in [1.82, 2.24) is 19.5 Å². The Hall–Kier alpha value is -2.69. The number of carbonyl (C=O) groups excluding carboxylic acids is 1. The minimum atomic E-state index is -2.04. The molecule has 0 radical (unpaired) electrons. The van der Waals surface area contributed by atoms with Gasteiger partial charge < -0.3 is 13.9 Å². The summed E-state index contributed by atoms with van der Waals surface area (Å²) in [5.41, 5.74) is 0.243. The molecule has 0 saturated carbocycles. The number of amides is 1. The van der Waals surface area contributed by atoms with E-state index in [2.05, 4.69) is 55.7 Å². The summed E-state index contributed by atoms with van der Waals surface area (Å²) in [6.07, 6.45) is 3.16. The van der Waals surface area contributed by atoms with E-state index < -0.39 is 24.9 Å². The second kappa shape index (κ2) is 12.4. The smallest absolute Gasteiger partial charge is 0.416 e. The Morgan fingerprint density at radius 3 is 2.51 bits per heavy atom. The number of carbonyl (C=O) groups is 1. The molecule has 1 aliphatic rings. The molecule has 43 heavy (non-hydrogen) atoms. The first kappa shape index (κ1) is 33.2. The van der Waals surface area contributed by atoms with E-state index in [0.29, 0.717) is 26.7 Å². The van der Waals surface area contributed by atoms with Crippen LogP contribution in [0.5, 0.6) is 0 Å². The van der Waals surface area contributed by atoms with Crippen LogP contribution in [0.4, 0.5) is 16.3 Å². The number of nitro groups is 1. The highest BCUT2D eigenvalue weighted by atomic mass is 127. The van der Waals surface area contributed by atoms with Crippen LogP contribution < -0.4 is 4.90 Å². The van der Waals surface area contributed by atoms with Crippen LogP contribution in [0.15, 0.2) is 30.9 Å². The van der Waals surface area contributed by atoms with E-state index in [0.717, 1.165) is 6.42 Å². The molecule has 1 fully saturated rings. The molecule has 12 nitrogen and oxygen atoms in total. The summed E-state index contributed by atoms with van der Waals surface area (Å²) in [6.45, 7) is 18.3. The summed E-state index contributed by atoms with van der Waals surface area (Å²) in [5.74, 6) is 0.185. The van der Waals surface area contributed by atoms with Gasteiger partial charge in [-0.15, -0.1) is 0 Å². The van der Waals surface area contributed by atoms with Crippen molar-refractivity contribution in [1.29, 1.82) is 0 Å². The van der Waals surface area contributed by atoms with E-state index >= 15 is 0 Å². The molecule has 234 valence electrons. The van der Waals surface area contributed by atoms with Crippen LogP contribution in [0.3, 0.4) is 0 Å². The van der Waals surface area contributed by atoms with Gasteiger partial charge in [0.1, 0.15) is 18.2 Å². The number of ether oxygens (including phenoxy) is 2. The van der Waals surface area contributed by atoms with Gasteiger partial charge in [-0.3, -0.25) is 19.6 Å². The van der Waals surface area contributed by atoms with Crippen LogP contribution in [0.1, 0.15) is 73.1 Å². The van der Waals surface area contributed by atoms with Gasteiger partial charge in [0.05, 0.1) is 30.0 Å². The zero-order valence-electron chi connectivity index (χ0n) is 26.3. The van der Waals surface area contributed by atoms with Gasteiger partial charge in [-0.05, 0) is 80.0 Å². The highest BCUT2D eigenvalue weighted by Crippen LogP contribution is 2.42. The third kappa shape index (κ3) is 7.34. The van der Waals surface area contributed by atoms with Gasteiger partial charge in [-0.25, -0.2) is 19.7 Å². The maximum Gasteiger partial charge on any atom is 0.416 e. The molecular formula is C29H41IN6O6Si. The molecule has 1 aromatic carbocycles. The molecule has 1 aliphatic heterocycles. The van der Waals surface area contributed by atoms with Gasteiger partial charge in [0, 0.05) is 21.6 Å². The quantitative estimate of drug-likeness (QED) is 0.101. The van der Waals surface area contributed by atoms with Crippen LogP contribution in [-0.2, 0) is 20.4 Å². The predicted octanol–water partition coefficient (Wildman–Crippen LogP) is 7.37. The van der Waals surface area contributed by atoms with Gasteiger partial charge in [-0.2, -0.15) is 0 Å². The zero-order valence-corrected chi connectivity index (χ0v) is 29.4. The van der Waals surface area contributed by atoms with Gasteiger partial charge >= 0.3 is 6.09 Å². The number of halogens is 1. The predicted molar refractivity (Wildman–Crippen MR) is 174 cm³/mol. The molecule has 4 rings (SSSR count). The molecule has 1 amide bonds. The summed E-state index contributed by atoms with van der Waals surface area (Å²) >= 11 is 2.02. The van der Waals surface area contributed by atoms with Crippen LogP contribution in [0.2, 0.25) is 18.1 Å². The fourth-order valence-electron chi connectivity index (χ4n) is 4.71. The fourth-order valence-corrected chi connectivity index (χ4v) is 6.55. The monoisotopic (exact) mass is 724 g/mol. The second-order valence-electron chi connectivity index (χ2n) is 13.3. The molecule has 3 aromatic rings. The number of hydrogen-bond acceptors (Lipinski definition) is 9. The van der Waals surface area contributed by atoms with Crippen molar-refractivity contribution in [3.05, 3.63) is 50.1 Å². The molecule has 0 spiro atoms. The van der Waals surface area contributed by atoms with Gasteiger partial charge in [-0.1, -0.05) is 27.7 Å². The van der Waals surface area contributed by atoms with E-state index in [1.165, 1.54) is 17.3 Å². The number of benzene rings is 1. The minimum Gasteiger partial charge on any atom is -0.443 e. The molecule has 0 aliphatic carbocycles. The third-order valence-electron chi connectivity index (χ3n) is 7.93. The van der Waals surface area contributed by atoms with Crippen LogP contribution in [-0.4, -0.2) is 56.7 Å². The Bertz CT molecular complexity index is 1500. The Balaban J connectivity index is 1.73. The fraction of sp³-hybridized carbons (Fsp3) is 0.586. The molecule has 0 N–H and O–H groups in total. The molecule has 2 aromatic heterocycles. The van der Waals surface area contributed by atoms with Crippen molar-refractivity contribution >= 4 is 59.7 Å². The summed E-state index contributed by atoms with van der Waals surface area (Å²) in [4.78, 5) is 39.8. The standard InChI is InChI=1S/C29H41IN6O6Si/c1-10-21-22(42-43(8,9)29(5,6)7)14-23(40-21)35-17-33-24-25(31-16-32-26(24)35)34(27(37)41-28(2,3)4)15-18-11-12-19(30)13-20(18)36(38)39/h11-13,16-17,21-23H,10,14-15H2,1-9H3/t21-,22?,23-/m1/s1. The van der Waals surface area contributed by atoms with E-state index in [1.54, 1.807) is 39.2 Å². The number of fused-ring (bicyclic) bond motifs is 1. The van der Waals surface area contributed by atoms with E-state index in [1.807, 2.05) is 27.2 Å². The Labute approximate surface area is 266 Å². The number of nitro benzene ring substituents is 1. The minimum absolute atomic E-state index is 0.0600. The number of imidazole rings is 1. The average molecular weight is 725 g/mol. The Morgan fingerprint density at radius 2 is 1.91 bits per heavy atom. The topological polar surface area (TPSA) is 135 Å². The molecule has 1 saturated heterocycles. The molecule has 0 bridgehead atoms. The highest BCUT2D eigenvalue weighted by Gasteiger charge is 2.45. The molecule has 3 atom stereocenters. The van der Waals surface area contributed by atoms with E-state index in [-0.39, 0.29) is 41.5 Å². The first-order chi connectivity index (χ1) is 19.9. The zero-order chi connectivity index (χ0) is 31.9. The summed E-state index contributed by atoms with van der Waals surface area (Å²) in [7, 11) is -2.04. The first-order valence-electron chi connectivity index (χ1n) is 14.4. The average Bonchev–Trinajstić information content (AvgIpc) is 3.49. The van der Waals surface area contributed by atoms with Crippen LogP contribution >= 0.6 is 22.6 Å². The van der Waals surface area contributed by atoms with Crippen molar-refractivity contribution in [2.75, 3.05) is 4.90 Å². The normalized spacial score (nSPS) is 19.5. The summed E-state index contributed by atoms with van der Waals surface area (Å²) in [5, 5.41) is 11.9.